The summed E-state index contributed by atoms with van der Waals surface area (Å²) in [5.74, 6) is -2.80. The highest BCUT2D eigenvalue weighted by Crippen LogP contribution is 2.22. The van der Waals surface area contributed by atoms with E-state index in [2.05, 4.69) is 5.32 Å². The zero-order chi connectivity index (χ0) is 15.6. The molecule has 7 heteroatoms. The molecule has 0 spiro atoms. The van der Waals surface area contributed by atoms with Crippen LogP contribution in [0, 0.1) is 5.82 Å². The van der Waals surface area contributed by atoms with Crippen molar-refractivity contribution in [2.45, 2.75) is 0 Å². The predicted molar refractivity (Wildman–Crippen MR) is 77.8 cm³/mol. The number of carboxylic acid groups (broad SMARTS) is 1. The molecule has 0 heterocycles. The monoisotopic (exact) mass is 327 g/mol. The lowest BCUT2D eigenvalue weighted by Crippen LogP contribution is -2.14. The fourth-order valence-corrected chi connectivity index (χ4v) is 2.07. The van der Waals surface area contributed by atoms with Gasteiger partial charge in [-0.25, -0.2) is 9.18 Å². The summed E-state index contributed by atoms with van der Waals surface area (Å²) in [5, 5.41) is 11.2. The van der Waals surface area contributed by atoms with Crippen molar-refractivity contribution < 1.29 is 19.1 Å². The van der Waals surface area contributed by atoms with Gasteiger partial charge < -0.3 is 10.4 Å². The maximum Gasteiger partial charge on any atom is 0.335 e. The third-order valence-corrected chi connectivity index (χ3v) is 3.11. The van der Waals surface area contributed by atoms with E-state index in [1.807, 2.05) is 0 Å². The number of aromatic carboxylic acids is 1. The number of hydrogen-bond donors (Lipinski definition) is 2. The highest BCUT2D eigenvalue weighted by molar-refractivity contribution is 6.31. The summed E-state index contributed by atoms with van der Waals surface area (Å²) in [5.41, 5.74) is -0.201. The first-order valence-electron chi connectivity index (χ1n) is 5.67. The fourth-order valence-electron chi connectivity index (χ4n) is 1.66. The summed E-state index contributed by atoms with van der Waals surface area (Å²) in [4.78, 5) is 22.9. The zero-order valence-corrected chi connectivity index (χ0v) is 11.9. The summed E-state index contributed by atoms with van der Waals surface area (Å²) in [6, 6.07) is 7.82. The van der Waals surface area contributed by atoms with Crippen molar-refractivity contribution in [3.05, 3.63) is 63.4 Å². The van der Waals surface area contributed by atoms with Crippen LogP contribution in [-0.2, 0) is 0 Å². The van der Waals surface area contributed by atoms with Gasteiger partial charge >= 0.3 is 5.97 Å². The van der Waals surface area contributed by atoms with Crippen LogP contribution in [0.25, 0.3) is 0 Å². The van der Waals surface area contributed by atoms with Gasteiger partial charge in [-0.1, -0.05) is 29.3 Å². The van der Waals surface area contributed by atoms with E-state index in [0.717, 1.165) is 0 Å². The van der Waals surface area contributed by atoms with E-state index in [4.69, 9.17) is 28.3 Å². The van der Waals surface area contributed by atoms with Gasteiger partial charge in [-0.2, -0.15) is 0 Å². The Hall–Kier alpha value is -2.11. The average molecular weight is 328 g/mol. The molecule has 0 aliphatic rings. The van der Waals surface area contributed by atoms with E-state index >= 15 is 0 Å². The summed E-state index contributed by atoms with van der Waals surface area (Å²) in [6.07, 6.45) is 0. The molecule has 0 unspecified atom stereocenters. The minimum Gasteiger partial charge on any atom is -0.478 e. The van der Waals surface area contributed by atoms with Crippen LogP contribution in [0.1, 0.15) is 20.7 Å². The van der Waals surface area contributed by atoms with E-state index in [0.29, 0.717) is 0 Å². The third-order valence-electron chi connectivity index (χ3n) is 2.60. The zero-order valence-electron chi connectivity index (χ0n) is 10.4. The smallest absolute Gasteiger partial charge is 0.335 e. The van der Waals surface area contributed by atoms with Gasteiger partial charge in [-0.3, -0.25) is 4.79 Å². The maximum absolute atomic E-state index is 13.7. The second kappa shape index (κ2) is 6.11. The van der Waals surface area contributed by atoms with Crippen LogP contribution in [-0.4, -0.2) is 17.0 Å². The van der Waals surface area contributed by atoms with Crippen LogP contribution < -0.4 is 5.32 Å². The molecular formula is C14H8Cl2FNO3. The Labute approximate surface area is 129 Å². The summed E-state index contributed by atoms with van der Waals surface area (Å²) >= 11 is 11.4. The van der Waals surface area contributed by atoms with Gasteiger partial charge in [0.05, 0.1) is 16.1 Å². The highest BCUT2D eigenvalue weighted by Gasteiger charge is 2.15. The Bertz CT molecular complexity index is 734. The van der Waals surface area contributed by atoms with E-state index < -0.39 is 17.7 Å². The number of hydrogen-bond acceptors (Lipinski definition) is 2. The molecule has 2 N–H and O–H groups in total. The molecule has 0 aliphatic carbocycles. The van der Waals surface area contributed by atoms with Crippen molar-refractivity contribution in [2.75, 3.05) is 5.32 Å². The van der Waals surface area contributed by atoms with E-state index in [9.17, 15) is 14.0 Å². The fraction of sp³-hybridized carbons (Fsp3) is 0. The molecule has 0 saturated heterocycles. The van der Waals surface area contributed by atoms with Crippen LogP contribution in [0.15, 0.2) is 36.4 Å². The Morgan fingerprint density at radius 3 is 2.52 bits per heavy atom. The lowest BCUT2D eigenvalue weighted by Gasteiger charge is -2.08. The predicted octanol–water partition coefficient (Wildman–Crippen LogP) is 4.08. The Kier molecular flexibility index (Phi) is 4.45. The molecule has 2 aromatic carbocycles. The first kappa shape index (κ1) is 15.3. The van der Waals surface area contributed by atoms with Gasteiger partial charge in [-0.15, -0.1) is 0 Å². The molecule has 0 aromatic heterocycles. The van der Waals surface area contributed by atoms with Crippen molar-refractivity contribution in [3.8, 4) is 0 Å². The average Bonchev–Trinajstić information content (AvgIpc) is 2.41. The van der Waals surface area contributed by atoms with Gasteiger partial charge in [0.25, 0.3) is 5.91 Å². The Morgan fingerprint density at radius 1 is 1.14 bits per heavy atom. The molecule has 0 radical (unpaired) electrons. The van der Waals surface area contributed by atoms with Crippen LogP contribution in [0.2, 0.25) is 10.0 Å². The maximum atomic E-state index is 13.7. The van der Waals surface area contributed by atoms with Crippen molar-refractivity contribution in [3.63, 3.8) is 0 Å². The van der Waals surface area contributed by atoms with Crippen LogP contribution in [0.4, 0.5) is 10.1 Å². The van der Waals surface area contributed by atoms with E-state index in [1.165, 1.54) is 36.4 Å². The third kappa shape index (κ3) is 3.51. The number of carbonyl (C=O) groups excluding carboxylic acids is 1. The van der Waals surface area contributed by atoms with Crippen LogP contribution in [0.3, 0.4) is 0 Å². The van der Waals surface area contributed by atoms with Gasteiger partial charge in [0.1, 0.15) is 0 Å². The van der Waals surface area contributed by atoms with Gasteiger partial charge in [0, 0.05) is 10.7 Å². The van der Waals surface area contributed by atoms with Crippen molar-refractivity contribution in [1.82, 2.24) is 0 Å². The van der Waals surface area contributed by atoms with Crippen LogP contribution >= 0.6 is 23.2 Å². The number of anilines is 1. The number of nitrogens with one attached hydrogen (secondary N) is 1. The number of amides is 1. The summed E-state index contributed by atoms with van der Waals surface area (Å²) in [7, 11) is 0. The van der Waals surface area contributed by atoms with Gasteiger partial charge in [0.2, 0.25) is 0 Å². The van der Waals surface area contributed by atoms with Crippen LogP contribution in [0.5, 0.6) is 0 Å². The molecule has 21 heavy (non-hydrogen) atoms. The molecule has 0 atom stereocenters. The minimum atomic E-state index is -1.19. The number of halogens is 3. The molecular weight excluding hydrogens is 320 g/mol. The van der Waals surface area contributed by atoms with Gasteiger partial charge in [0.15, 0.2) is 5.82 Å². The minimum absolute atomic E-state index is 0.0932. The molecule has 0 bridgehead atoms. The number of carboxylic acids is 1. The van der Waals surface area contributed by atoms with E-state index in [1.54, 1.807) is 0 Å². The topological polar surface area (TPSA) is 66.4 Å². The number of rotatable bonds is 3. The Morgan fingerprint density at radius 2 is 1.86 bits per heavy atom. The molecule has 2 aromatic rings. The largest absolute Gasteiger partial charge is 0.478 e. The molecule has 0 aliphatic heterocycles. The quantitative estimate of drug-likeness (QED) is 0.892. The van der Waals surface area contributed by atoms with E-state index in [-0.39, 0.29) is 26.9 Å². The molecule has 108 valence electrons. The normalized spacial score (nSPS) is 10.2. The second-order valence-electron chi connectivity index (χ2n) is 4.09. The lowest BCUT2D eigenvalue weighted by molar-refractivity contribution is 0.0696. The summed E-state index contributed by atoms with van der Waals surface area (Å²) < 4.78 is 13.7. The summed E-state index contributed by atoms with van der Waals surface area (Å²) in [6.45, 7) is 0. The highest BCUT2D eigenvalue weighted by atomic mass is 35.5. The molecule has 1 amide bonds. The van der Waals surface area contributed by atoms with Gasteiger partial charge in [-0.05, 0) is 30.3 Å². The van der Waals surface area contributed by atoms with Crippen molar-refractivity contribution >= 4 is 40.8 Å². The first-order chi connectivity index (χ1) is 9.88. The number of carbonyl (C=O) groups is 2. The molecule has 4 nitrogen and oxygen atoms in total. The second-order valence-corrected chi connectivity index (χ2v) is 4.93. The van der Waals surface area contributed by atoms with Crippen molar-refractivity contribution in [1.29, 1.82) is 0 Å². The SMILES string of the molecule is O=C(O)c1cc(Cl)cc(NC(=O)c2cccc(Cl)c2F)c1. The first-order valence-corrected chi connectivity index (χ1v) is 6.43. The number of benzene rings is 2. The van der Waals surface area contributed by atoms with Crippen molar-refractivity contribution in [2.24, 2.45) is 0 Å². The Balaban J connectivity index is 2.31. The molecule has 0 fully saturated rings. The lowest BCUT2D eigenvalue weighted by atomic mass is 10.1. The molecule has 2 rings (SSSR count). The molecule has 0 saturated carbocycles. The standard InChI is InChI=1S/C14H8Cl2FNO3/c15-8-4-7(14(20)21)5-9(6-8)18-13(19)10-2-1-3-11(16)12(10)17/h1-6H,(H,18,19)(H,20,21).